The van der Waals surface area contributed by atoms with Crippen LogP contribution in [0, 0.1) is 0 Å². The van der Waals surface area contributed by atoms with Gasteiger partial charge in [-0.2, -0.15) is 0 Å². The SMILES string of the molecule is CC(O)c1ccc(CNS(=O)(=O)c2ccc(Cl)cc2)cc1. The Morgan fingerprint density at radius 1 is 1.10 bits per heavy atom. The average molecular weight is 326 g/mol. The van der Waals surface area contributed by atoms with Crippen molar-refractivity contribution in [1.29, 1.82) is 0 Å². The van der Waals surface area contributed by atoms with Crippen LogP contribution in [0.15, 0.2) is 53.4 Å². The molecule has 0 amide bonds. The van der Waals surface area contributed by atoms with Crippen molar-refractivity contribution in [3.63, 3.8) is 0 Å². The molecule has 0 radical (unpaired) electrons. The Hall–Kier alpha value is -1.40. The predicted molar refractivity (Wildman–Crippen MR) is 82.6 cm³/mol. The summed E-state index contributed by atoms with van der Waals surface area (Å²) in [7, 11) is -3.56. The number of aliphatic hydroxyl groups is 1. The van der Waals surface area contributed by atoms with Gasteiger partial charge in [-0.05, 0) is 42.3 Å². The highest BCUT2D eigenvalue weighted by Gasteiger charge is 2.13. The van der Waals surface area contributed by atoms with Crippen LogP contribution in [0.3, 0.4) is 0 Å². The lowest BCUT2D eigenvalue weighted by molar-refractivity contribution is 0.199. The van der Waals surface area contributed by atoms with E-state index in [4.69, 9.17) is 11.6 Å². The molecule has 2 aromatic rings. The molecule has 0 aliphatic heterocycles. The van der Waals surface area contributed by atoms with Crippen LogP contribution in [-0.4, -0.2) is 13.5 Å². The topological polar surface area (TPSA) is 66.4 Å². The molecule has 4 nitrogen and oxygen atoms in total. The highest BCUT2D eigenvalue weighted by Crippen LogP contribution is 2.15. The lowest BCUT2D eigenvalue weighted by Crippen LogP contribution is -2.23. The van der Waals surface area contributed by atoms with Gasteiger partial charge in [0, 0.05) is 11.6 Å². The summed E-state index contributed by atoms with van der Waals surface area (Å²) in [5.41, 5.74) is 1.61. The molecule has 0 saturated heterocycles. The number of rotatable bonds is 5. The van der Waals surface area contributed by atoms with E-state index in [1.165, 1.54) is 24.3 Å². The molecule has 2 N–H and O–H groups in total. The molecule has 0 aliphatic carbocycles. The summed E-state index contributed by atoms with van der Waals surface area (Å²) in [6.45, 7) is 1.86. The maximum absolute atomic E-state index is 12.1. The molecule has 2 aromatic carbocycles. The minimum absolute atomic E-state index is 0.174. The Bertz CT molecular complexity index is 695. The fourth-order valence-electron chi connectivity index (χ4n) is 1.79. The molecule has 0 spiro atoms. The van der Waals surface area contributed by atoms with Gasteiger partial charge in [0.2, 0.25) is 10.0 Å². The Kier molecular flexibility index (Phi) is 5.00. The Morgan fingerprint density at radius 2 is 1.67 bits per heavy atom. The van der Waals surface area contributed by atoms with E-state index in [-0.39, 0.29) is 11.4 Å². The number of nitrogens with one attached hydrogen (secondary N) is 1. The van der Waals surface area contributed by atoms with Gasteiger partial charge in [0.05, 0.1) is 11.0 Å². The van der Waals surface area contributed by atoms with E-state index in [0.717, 1.165) is 11.1 Å². The predicted octanol–water partition coefficient (Wildman–Crippen LogP) is 2.87. The Morgan fingerprint density at radius 3 is 2.19 bits per heavy atom. The maximum Gasteiger partial charge on any atom is 0.240 e. The van der Waals surface area contributed by atoms with Crippen molar-refractivity contribution in [3.05, 3.63) is 64.7 Å². The number of hydrogen-bond donors (Lipinski definition) is 2. The van der Waals surface area contributed by atoms with Crippen molar-refractivity contribution in [1.82, 2.24) is 4.72 Å². The number of hydrogen-bond acceptors (Lipinski definition) is 3. The number of benzene rings is 2. The lowest BCUT2D eigenvalue weighted by Gasteiger charge is -2.09. The second-order valence-electron chi connectivity index (χ2n) is 4.70. The van der Waals surface area contributed by atoms with E-state index >= 15 is 0 Å². The second kappa shape index (κ2) is 6.58. The lowest BCUT2D eigenvalue weighted by atomic mass is 10.1. The second-order valence-corrected chi connectivity index (χ2v) is 6.90. The Balaban J connectivity index is 2.06. The van der Waals surface area contributed by atoms with Crippen LogP contribution in [0.5, 0.6) is 0 Å². The van der Waals surface area contributed by atoms with Gasteiger partial charge >= 0.3 is 0 Å². The molecule has 1 unspecified atom stereocenters. The van der Waals surface area contributed by atoms with Crippen LogP contribution in [0.4, 0.5) is 0 Å². The molecule has 0 saturated carbocycles. The maximum atomic E-state index is 12.1. The third-order valence-electron chi connectivity index (χ3n) is 3.05. The summed E-state index contributed by atoms with van der Waals surface area (Å²) in [5, 5.41) is 9.91. The summed E-state index contributed by atoms with van der Waals surface area (Å²) in [6.07, 6.45) is -0.537. The average Bonchev–Trinajstić information content (AvgIpc) is 2.46. The molecule has 2 rings (SSSR count). The van der Waals surface area contributed by atoms with Crippen LogP contribution >= 0.6 is 11.6 Å². The molecule has 112 valence electrons. The zero-order valence-electron chi connectivity index (χ0n) is 11.5. The highest BCUT2D eigenvalue weighted by atomic mass is 35.5. The van der Waals surface area contributed by atoms with Crippen LogP contribution < -0.4 is 4.72 Å². The van der Waals surface area contributed by atoms with Crippen molar-refractivity contribution in [3.8, 4) is 0 Å². The first kappa shape index (κ1) is 16.0. The van der Waals surface area contributed by atoms with Gasteiger partial charge in [0.15, 0.2) is 0 Å². The fourth-order valence-corrected chi connectivity index (χ4v) is 2.93. The summed E-state index contributed by atoms with van der Waals surface area (Å²) >= 11 is 5.74. The van der Waals surface area contributed by atoms with E-state index < -0.39 is 16.1 Å². The fraction of sp³-hybridized carbons (Fsp3) is 0.200. The van der Waals surface area contributed by atoms with E-state index in [0.29, 0.717) is 5.02 Å². The monoisotopic (exact) mass is 325 g/mol. The van der Waals surface area contributed by atoms with Crippen molar-refractivity contribution in [2.45, 2.75) is 24.5 Å². The minimum atomic E-state index is -3.56. The molecule has 0 fully saturated rings. The third-order valence-corrected chi connectivity index (χ3v) is 4.72. The third kappa shape index (κ3) is 4.28. The van der Waals surface area contributed by atoms with Gasteiger partial charge < -0.3 is 5.11 Å². The van der Waals surface area contributed by atoms with Crippen LogP contribution in [0.25, 0.3) is 0 Å². The van der Waals surface area contributed by atoms with Gasteiger partial charge in [-0.25, -0.2) is 13.1 Å². The van der Waals surface area contributed by atoms with E-state index in [9.17, 15) is 13.5 Å². The first-order valence-electron chi connectivity index (χ1n) is 6.40. The largest absolute Gasteiger partial charge is 0.389 e. The molecule has 21 heavy (non-hydrogen) atoms. The van der Waals surface area contributed by atoms with E-state index in [2.05, 4.69) is 4.72 Å². The quantitative estimate of drug-likeness (QED) is 0.888. The molecule has 0 heterocycles. The van der Waals surface area contributed by atoms with Gasteiger partial charge in [-0.1, -0.05) is 35.9 Å². The van der Waals surface area contributed by atoms with Gasteiger partial charge in [-0.15, -0.1) is 0 Å². The smallest absolute Gasteiger partial charge is 0.240 e. The molecule has 0 aliphatic rings. The molecule has 1 atom stereocenters. The number of aliphatic hydroxyl groups excluding tert-OH is 1. The summed E-state index contributed by atoms with van der Waals surface area (Å²) in [5.74, 6) is 0. The van der Waals surface area contributed by atoms with Crippen LogP contribution in [-0.2, 0) is 16.6 Å². The summed E-state index contributed by atoms with van der Waals surface area (Å²) < 4.78 is 26.7. The molecule has 6 heteroatoms. The van der Waals surface area contributed by atoms with Crippen molar-refractivity contribution in [2.24, 2.45) is 0 Å². The standard InChI is InChI=1S/C15H16ClNO3S/c1-11(18)13-4-2-12(3-5-13)10-17-21(19,20)15-8-6-14(16)7-9-15/h2-9,11,17-18H,10H2,1H3. The highest BCUT2D eigenvalue weighted by molar-refractivity contribution is 7.89. The van der Waals surface area contributed by atoms with E-state index in [1.54, 1.807) is 31.2 Å². The molecular formula is C15H16ClNO3S. The van der Waals surface area contributed by atoms with Crippen molar-refractivity contribution in [2.75, 3.05) is 0 Å². The summed E-state index contributed by atoms with van der Waals surface area (Å²) in [6, 6.07) is 13.1. The van der Waals surface area contributed by atoms with Crippen LogP contribution in [0.1, 0.15) is 24.2 Å². The molecule has 0 aromatic heterocycles. The first-order valence-corrected chi connectivity index (χ1v) is 8.27. The zero-order valence-corrected chi connectivity index (χ0v) is 13.0. The minimum Gasteiger partial charge on any atom is -0.389 e. The molecular weight excluding hydrogens is 310 g/mol. The number of halogens is 1. The van der Waals surface area contributed by atoms with Gasteiger partial charge in [0.1, 0.15) is 0 Å². The van der Waals surface area contributed by atoms with Crippen molar-refractivity contribution < 1.29 is 13.5 Å². The first-order chi connectivity index (χ1) is 9.88. The number of sulfonamides is 1. The van der Waals surface area contributed by atoms with Gasteiger partial charge in [-0.3, -0.25) is 0 Å². The van der Waals surface area contributed by atoms with Crippen molar-refractivity contribution >= 4 is 21.6 Å². The van der Waals surface area contributed by atoms with Crippen LogP contribution in [0.2, 0.25) is 5.02 Å². The summed E-state index contributed by atoms with van der Waals surface area (Å²) in [4.78, 5) is 0.174. The van der Waals surface area contributed by atoms with E-state index in [1.807, 2.05) is 0 Å². The van der Waals surface area contributed by atoms with Gasteiger partial charge in [0.25, 0.3) is 0 Å². The molecule has 0 bridgehead atoms. The Labute approximate surface area is 129 Å². The normalized spacial score (nSPS) is 13.1. The zero-order chi connectivity index (χ0) is 15.5.